The number of rotatable bonds is 4. The van der Waals surface area contributed by atoms with Gasteiger partial charge < -0.3 is 4.74 Å². The number of hydrogen-bond acceptors (Lipinski definition) is 3. The molecule has 1 aliphatic rings. The van der Waals surface area contributed by atoms with E-state index in [1.807, 2.05) is 0 Å². The highest BCUT2D eigenvalue weighted by Crippen LogP contribution is 2.38. The standard InChI is InChI=1S/C11H11Cl3O3S/c12-10-8(17-6-7-2-1-3-7)4-5-9(11(10)13)18(14,15)16/h4-5,7H,1-3,6H2. The van der Waals surface area contributed by atoms with Gasteiger partial charge in [0.05, 0.1) is 11.6 Å². The van der Waals surface area contributed by atoms with Gasteiger partial charge >= 0.3 is 0 Å². The van der Waals surface area contributed by atoms with Crippen molar-refractivity contribution in [2.24, 2.45) is 5.92 Å². The molecule has 0 saturated heterocycles. The summed E-state index contributed by atoms with van der Waals surface area (Å²) in [4.78, 5) is -0.202. The molecular weight excluding hydrogens is 319 g/mol. The summed E-state index contributed by atoms with van der Waals surface area (Å²) in [6, 6.07) is 2.77. The van der Waals surface area contributed by atoms with Gasteiger partial charge in [-0.05, 0) is 30.9 Å². The minimum Gasteiger partial charge on any atom is -0.492 e. The zero-order chi connectivity index (χ0) is 13.3. The van der Waals surface area contributed by atoms with Crippen molar-refractivity contribution >= 4 is 42.9 Å². The quantitative estimate of drug-likeness (QED) is 0.781. The van der Waals surface area contributed by atoms with Gasteiger partial charge in [-0.15, -0.1) is 0 Å². The first kappa shape index (κ1) is 14.3. The van der Waals surface area contributed by atoms with Crippen LogP contribution in [0.3, 0.4) is 0 Å². The smallest absolute Gasteiger partial charge is 0.262 e. The van der Waals surface area contributed by atoms with E-state index in [-0.39, 0.29) is 14.9 Å². The first-order valence-electron chi connectivity index (χ1n) is 5.45. The molecule has 0 N–H and O–H groups in total. The van der Waals surface area contributed by atoms with Gasteiger partial charge in [-0.25, -0.2) is 8.42 Å². The lowest BCUT2D eigenvalue weighted by Crippen LogP contribution is -2.19. The van der Waals surface area contributed by atoms with Crippen LogP contribution in [0, 0.1) is 5.92 Å². The van der Waals surface area contributed by atoms with Crippen molar-refractivity contribution in [2.45, 2.75) is 24.2 Å². The molecule has 0 aliphatic heterocycles. The average Bonchev–Trinajstić information content (AvgIpc) is 2.20. The summed E-state index contributed by atoms with van der Waals surface area (Å²) in [5.74, 6) is 0.939. The first-order valence-corrected chi connectivity index (χ1v) is 8.51. The Labute approximate surface area is 120 Å². The minimum atomic E-state index is -3.90. The fourth-order valence-corrected chi connectivity index (χ4v) is 3.47. The molecule has 18 heavy (non-hydrogen) atoms. The highest BCUT2D eigenvalue weighted by Gasteiger charge is 2.22. The summed E-state index contributed by atoms with van der Waals surface area (Å²) in [7, 11) is 1.34. The zero-order valence-corrected chi connectivity index (χ0v) is 12.4. The Morgan fingerprint density at radius 2 is 1.89 bits per heavy atom. The summed E-state index contributed by atoms with van der Waals surface area (Å²) in [6.45, 7) is 0.572. The largest absolute Gasteiger partial charge is 0.492 e. The zero-order valence-electron chi connectivity index (χ0n) is 9.33. The maximum Gasteiger partial charge on any atom is 0.262 e. The van der Waals surface area contributed by atoms with Crippen LogP contribution in [0.4, 0.5) is 0 Å². The van der Waals surface area contributed by atoms with Gasteiger partial charge in [-0.2, -0.15) is 0 Å². The molecule has 0 radical (unpaired) electrons. The molecule has 0 atom stereocenters. The number of benzene rings is 1. The second-order valence-corrected chi connectivity index (χ2v) is 7.53. The second kappa shape index (κ2) is 5.45. The van der Waals surface area contributed by atoms with Crippen molar-refractivity contribution in [2.75, 3.05) is 6.61 Å². The van der Waals surface area contributed by atoms with Crippen LogP contribution in [0.1, 0.15) is 19.3 Å². The lowest BCUT2D eigenvalue weighted by atomic mass is 9.86. The molecule has 0 bridgehead atoms. The molecule has 7 heteroatoms. The van der Waals surface area contributed by atoms with Crippen LogP contribution in [0.25, 0.3) is 0 Å². The molecule has 1 aromatic carbocycles. The minimum absolute atomic E-state index is 0.0812. The number of hydrogen-bond donors (Lipinski definition) is 0. The summed E-state index contributed by atoms with van der Waals surface area (Å²) < 4.78 is 28.0. The Hall–Kier alpha value is -0.160. The Bertz CT molecular complexity index is 553. The van der Waals surface area contributed by atoms with Crippen molar-refractivity contribution < 1.29 is 13.2 Å². The van der Waals surface area contributed by atoms with E-state index >= 15 is 0 Å². The van der Waals surface area contributed by atoms with Crippen LogP contribution in [0.15, 0.2) is 17.0 Å². The van der Waals surface area contributed by atoms with Crippen LogP contribution >= 0.6 is 33.9 Å². The lowest BCUT2D eigenvalue weighted by molar-refractivity contribution is 0.180. The van der Waals surface area contributed by atoms with Crippen LogP contribution in [0.2, 0.25) is 10.0 Å². The summed E-state index contributed by atoms with van der Waals surface area (Å²) >= 11 is 11.8. The van der Waals surface area contributed by atoms with Gasteiger partial charge in [0.2, 0.25) is 0 Å². The number of halogens is 3. The molecule has 100 valence electrons. The van der Waals surface area contributed by atoms with Crippen LogP contribution in [-0.2, 0) is 9.05 Å². The molecule has 1 aromatic rings. The van der Waals surface area contributed by atoms with Gasteiger partial charge in [0.15, 0.2) is 0 Å². The van der Waals surface area contributed by atoms with Crippen molar-refractivity contribution in [1.82, 2.24) is 0 Å². The summed E-state index contributed by atoms with van der Waals surface area (Å²) in [5.41, 5.74) is 0. The SMILES string of the molecule is O=S(=O)(Cl)c1ccc(OCC2CCC2)c(Cl)c1Cl. The summed E-state index contributed by atoms with van der Waals surface area (Å²) in [5, 5.41) is -0.0181. The third kappa shape index (κ3) is 3.05. The molecule has 1 aliphatic carbocycles. The van der Waals surface area contributed by atoms with E-state index in [1.54, 1.807) is 0 Å². The van der Waals surface area contributed by atoms with E-state index < -0.39 is 9.05 Å². The third-order valence-electron chi connectivity index (χ3n) is 2.97. The highest BCUT2D eigenvalue weighted by atomic mass is 35.7. The monoisotopic (exact) mass is 328 g/mol. The lowest BCUT2D eigenvalue weighted by Gasteiger charge is -2.25. The van der Waals surface area contributed by atoms with Gasteiger partial charge in [0.25, 0.3) is 9.05 Å². The average molecular weight is 330 g/mol. The molecular formula is C11H11Cl3O3S. The number of ether oxygens (including phenoxy) is 1. The second-order valence-electron chi connectivity index (χ2n) is 4.24. The molecule has 0 aromatic heterocycles. The van der Waals surface area contributed by atoms with E-state index in [0.717, 1.165) is 12.8 Å². The van der Waals surface area contributed by atoms with E-state index in [2.05, 4.69) is 0 Å². The van der Waals surface area contributed by atoms with Gasteiger partial charge in [0.1, 0.15) is 15.7 Å². The van der Waals surface area contributed by atoms with Crippen molar-refractivity contribution in [3.05, 3.63) is 22.2 Å². The molecule has 0 spiro atoms. The van der Waals surface area contributed by atoms with E-state index in [4.69, 9.17) is 38.6 Å². The summed E-state index contributed by atoms with van der Waals surface area (Å²) in [6.07, 6.45) is 3.53. The maximum absolute atomic E-state index is 11.2. The molecule has 1 saturated carbocycles. The molecule has 3 nitrogen and oxygen atoms in total. The van der Waals surface area contributed by atoms with E-state index in [1.165, 1.54) is 18.6 Å². The van der Waals surface area contributed by atoms with Crippen LogP contribution in [-0.4, -0.2) is 15.0 Å². The molecule has 0 heterocycles. The molecule has 0 unspecified atom stereocenters. The van der Waals surface area contributed by atoms with Crippen molar-refractivity contribution in [3.8, 4) is 5.75 Å². The van der Waals surface area contributed by atoms with Crippen LogP contribution < -0.4 is 4.74 Å². The van der Waals surface area contributed by atoms with Gasteiger partial charge in [0, 0.05) is 10.7 Å². The Morgan fingerprint density at radius 3 is 2.39 bits per heavy atom. The maximum atomic E-state index is 11.2. The van der Waals surface area contributed by atoms with Crippen molar-refractivity contribution in [1.29, 1.82) is 0 Å². The molecule has 2 rings (SSSR count). The van der Waals surface area contributed by atoms with E-state index in [9.17, 15) is 8.42 Å². The van der Waals surface area contributed by atoms with Crippen LogP contribution in [0.5, 0.6) is 5.75 Å². The van der Waals surface area contributed by atoms with Crippen molar-refractivity contribution in [3.63, 3.8) is 0 Å². The highest BCUT2D eigenvalue weighted by molar-refractivity contribution is 8.13. The predicted octanol–water partition coefficient (Wildman–Crippen LogP) is 4.10. The predicted molar refractivity (Wildman–Crippen MR) is 72.3 cm³/mol. The third-order valence-corrected chi connectivity index (χ3v) is 5.31. The Balaban J connectivity index is 2.20. The molecule has 1 fully saturated rings. The van der Waals surface area contributed by atoms with E-state index in [0.29, 0.717) is 18.3 Å². The fraction of sp³-hybridized carbons (Fsp3) is 0.455. The van der Waals surface area contributed by atoms with Gasteiger partial charge in [-0.1, -0.05) is 29.6 Å². The van der Waals surface area contributed by atoms with Gasteiger partial charge in [-0.3, -0.25) is 0 Å². The molecule has 0 amide bonds. The Morgan fingerprint density at radius 1 is 1.22 bits per heavy atom. The normalized spacial score (nSPS) is 16.4. The Kier molecular flexibility index (Phi) is 4.32. The topological polar surface area (TPSA) is 43.4 Å². The fourth-order valence-electron chi connectivity index (χ4n) is 1.68. The first-order chi connectivity index (χ1) is 8.39.